The number of carbonyl (C=O) groups excluding carboxylic acids is 1. The van der Waals surface area contributed by atoms with Crippen LogP contribution in [0.4, 0.5) is 23.2 Å². The summed E-state index contributed by atoms with van der Waals surface area (Å²) in [6, 6.07) is 10.2. The quantitative estimate of drug-likeness (QED) is 0.240. The number of imidazole rings is 1. The van der Waals surface area contributed by atoms with E-state index in [0.29, 0.717) is 16.5 Å². The van der Waals surface area contributed by atoms with Gasteiger partial charge in [-0.1, -0.05) is 11.6 Å². The lowest BCUT2D eigenvalue weighted by Gasteiger charge is -2.18. The van der Waals surface area contributed by atoms with Crippen molar-refractivity contribution < 1.29 is 31.8 Å². The second-order valence-corrected chi connectivity index (χ2v) is 9.89. The third-order valence-corrected chi connectivity index (χ3v) is 7.05. The van der Waals surface area contributed by atoms with E-state index in [2.05, 4.69) is 15.2 Å². The van der Waals surface area contributed by atoms with E-state index in [1.165, 1.54) is 38.5 Å². The Morgan fingerprint density at radius 2 is 1.86 bits per heavy atom. The molecule has 10 nitrogen and oxygen atoms in total. The first-order valence-electron chi connectivity index (χ1n) is 12.6. The first kappa shape index (κ1) is 29.6. The average Bonchev–Trinajstić information content (AvgIpc) is 3.58. The third kappa shape index (κ3) is 5.78. The predicted molar refractivity (Wildman–Crippen MR) is 150 cm³/mol. The van der Waals surface area contributed by atoms with Crippen LogP contribution in [0.5, 0.6) is 11.5 Å². The number of likely N-dealkylation sites (N-methyl/N-ethyl adjacent to an activating group) is 1. The number of nitrogens with one attached hydrogen (secondary N) is 1. The summed E-state index contributed by atoms with van der Waals surface area (Å²) in [7, 11) is 4.07. The standard InChI is InChI=1S/C28H23ClF4N6O4/c1-37(18-6-4-17(29)5-7-18)24(40)12-39-21-11-16(28(31,32)33)10-19(25(21)38(2)27(39)41)15-8-20(30)26(22(9-15)42-3)43-13-23-34-14-35-36-23/h4-11,14H,12-13H2,1-3H3,(H,34,35,36). The zero-order chi connectivity index (χ0) is 31.1. The van der Waals surface area contributed by atoms with Crippen molar-refractivity contribution in [1.29, 1.82) is 0 Å². The van der Waals surface area contributed by atoms with Gasteiger partial charge in [-0.25, -0.2) is 14.2 Å². The normalized spacial score (nSPS) is 11.6. The molecule has 1 N–H and O–H groups in total. The molecule has 0 aliphatic heterocycles. The van der Waals surface area contributed by atoms with Crippen molar-refractivity contribution in [2.75, 3.05) is 19.1 Å². The summed E-state index contributed by atoms with van der Waals surface area (Å²) in [4.78, 5) is 31.7. The number of hydrogen-bond acceptors (Lipinski definition) is 6. The number of nitrogens with zero attached hydrogens (tertiary/aromatic N) is 5. The fraction of sp³-hybridized carbons (Fsp3) is 0.214. The number of ether oxygens (including phenoxy) is 2. The molecule has 5 aromatic rings. The Bertz CT molecular complexity index is 1870. The van der Waals surface area contributed by atoms with E-state index < -0.39 is 35.7 Å². The molecule has 224 valence electrons. The molecule has 0 saturated heterocycles. The fourth-order valence-corrected chi connectivity index (χ4v) is 4.73. The number of amides is 1. The lowest BCUT2D eigenvalue weighted by molar-refractivity contribution is -0.137. The van der Waals surface area contributed by atoms with Crippen LogP contribution in [-0.4, -0.2) is 44.4 Å². The second-order valence-electron chi connectivity index (χ2n) is 9.46. The van der Waals surface area contributed by atoms with E-state index in [1.807, 2.05) is 0 Å². The molecule has 0 fully saturated rings. The van der Waals surface area contributed by atoms with Gasteiger partial charge in [0.15, 0.2) is 23.1 Å². The molecule has 1 amide bonds. The van der Waals surface area contributed by atoms with Crippen molar-refractivity contribution >= 4 is 34.2 Å². The minimum atomic E-state index is -4.83. The number of aromatic nitrogens is 5. The Morgan fingerprint density at radius 1 is 1.14 bits per heavy atom. The smallest absolute Gasteiger partial charge is 0.416 e. The van der Waals surface area contributed by atoms with Crippen LogP contribution in [0.3, 0.4) is 0 Å². The molecule has 2 aromatic heterocycles. The summed E-state index contributed by atoms with van der Waals surface area (Å²) < 4.78 is 70.5. The number of hydrogen-bond donors (Lipinski definition) is 1. The Hall–Kier alpha value is -4.85. The molecular weight excluding hydrogens is 596 g/mol. The first-order chi connectivity index (χ1) is 20.4. The lowest BCUT2D eigenvalue weighted by atomic mass is 9.99. The van der Waals surface area contributed by atoms with E-state index in [0.717, 1.165) is 27.3 Å². The fourth-order valence-electron chi connectivity index (χ4n) is 4.60. The SMILES string of the molecule is COc1cc(-c2cc(C(F)(F)F)cc3c2n(C)c(=O)n3CC(=O)N(C)c2ccc(Cl)cc2)cc(F)c1OCc1ncn[nH]1. The maximum atomic E-state index is 15.4. The van der Waals surface area contributed by atoms with Gasteiger partial charge in [0, 0.05) is 30.4 Å². The van der Waals surface area contributed by atoms with Crippen LogP contribution in [0.25, 0.3) is 22.2 Å². The Balaban J connectivity index is 1.62. The van der Waals surface area contributed by atoms with E-state index >= 15 is 4.39 Å². The molecule has 0 atom stereocenters. The largest absolute Gasteiger partial charge is 0.493 e. The summed E-state index contributed by atoms with van der Waals surface area (Å²) >= 11 is 5.92. The van der Waals surface area contributed by atoms with Gasteiger partial charge >= 0.3 is 11.9 Å². The summed E-state index contributed by atoms with van der Waals surface area (Å²) in [5.74, 6) is -1.60. The highest BCUT2D eigenvalue weighted by Gasteiger charge is 2.33. The molecule has 0 aliphatic carbocycles. The minimum Gasteiger partial charge on any atom is -0.493 e. The average molecular weight is 619 g/mol. The number of halogens is 5. The molecule has 0 unspecified atom stereocenters. The van der Waals surface area contributed by atoms with Gasteiger partial charge in [0.1, 0.15) is 19.5 Å². The maximum Gasteiger partial charge on any atom is 0.416 e. The highest BCUT2D eigenvalue weighted by molar-refractivity contribution is 6.30. The van der Waals surface area contributed by atoms with E-state index in [4.69, 9.17) is 21.1 Å². The van der Waals surface area contributed by atoms with Crippen LogP contribution < -0.4 is 20.1 Å². The Morgan fingerprint density at radius 3 is 2.49 bits per heavy atom. The van der Waals surface area contributed by atoms with Gasteiger partial charge < -0.3 is 14.4 Å². The van der Waals surface area contributed by atoms with Crippen LogP contribution in [0.2, 0.25) is 5.02 Å². The molecule has 5 rings (SSSR count). The van der Waals surface area contributed by atoms with Crippen molar-refractivity contribution in [2.45, 2.75) is 19.3 Å². The van der Waals surface area contributed by atoms with Crippen LogP contribution >= 0.6 is 11.6 Å². The van der Waals surface area contributed by atoms with E-state index in [9.17, 15) is 22.8 Å². The molecule has 0 saturated carbocycles. The minimum absolute atomic E-state index is 0.0187. The predicted octanol–water partition coefficient (Wildman–Crippen LogP) is 5.19. The van der Waals surface area contributed by atoms with Gasteiger partial charge in [-0.2, -0.15) is 18.3 Å². The molecular formula is C28H23ClF4N6O4. The molecule has 2 heterocycles. The maximum absolute atomic E-state index is 15.4. The lowest BCUT2D eigenvalue weighted by Crippen LogP contribution is -2.34. The number of anilines is 1. The third-order valence-electron chi connectivity index (χ3n) is 6.80. The summed E-state index contributed by atoms with van der Waals surface area (Å²) in [5, 5.41) is 6.70. The summed E-state index contributed by atoms with van der Waals surface area (Å²) in [6.07, 6.45) is -3.58. The molecule has 3 aromatic carbocycles. The molecule has 0 spiro atoms. The van der Waals surface area contributed by atoms with Gasteiger partial charge in [0.05, 0.1) is 23.7 Å². The van der Waals surface area contributed by atoms with Gasteiger partial charge in [0.25, 0.3) is 0 Å². The highest BCUT2D eigenvalue weighted by atomic mass is 35.5. The molecule has 0 radical (unpaired) electrons. The number of rotatable bonds is 8. The Labute approximate surface area is 246 Å². The van der Waals surface area contributed by atoms with Crippen molar-refractivity contribution in [2.24, 2.45) is 7.05 Å². The number of aryl methyl sites for hydroxylation is 1. The van der Waals surface area contributed by atoms with Crippen LogP contribution in [-0.2, 0) is 31.2 Å². The van der Waals surface area contributed by atoms with Crippen molar-refractivity contribution in [3.05, 3.63) is 87.6 Å². The number of H-pyrrole nitrogens is 1. The number of alkyl halides is 3. The first-order valence-corrected chi connectivity index (χ1v) is 12.9. The van der Waals surface area contributed by atoms with E-state index in [1.54, 1.807) is 24.3 Å². The number of methoxy groups -OCH3 is 1. The molecule has 0 aliphatic rings. The van der Waals surface area contributed by atoms with Crippen LogP contribution in [0.1, 0.15) is 11.4 Å². The molecule has 43 heavy (non-hydrogen) atoms. The van der Waals surface area contributed by atoms with Crippen LogP contribution in [0.15, 0.2) is 59.7 Å². The van der Waals surface area contributed by atoms with Crippen molar-refractivity contribution in [3.8, 4) is 22.6 Å². The molecule has 15 heteroatoms. The van der Waals surface area contributed by atoms with Gasteiger partial charge in [-0.3, -0.25) is 19.0 Å². The number of benzene rings is 3. The summed E-state index contributed by atoms with van der Waals surface area (Å²) in [5.41, 5.74) is -1.62. The van der Waals surface area contributed by atoms with Crippen molar-refractivity contribution in [1.82, 2.24) is 24.3 Å². The van der Waals surface area contributed by atoms with E-state index in [-0.39, 0.29) is 40.3 Å². The number of carbonyl (C=O) groups is 1. The van der Waals surface area contributed by atoms with Crippen LogP contribution in [0, 0.1) is 5.82 Å². The van der Waals surface area contributed by atoms with Gasteiger partial charge in [-0.15, -0.1) is 0 Å². The number of aromatic amines is 1. The zero-order valence-electron chi connectivity index (χ0n) is 22.9. The summed E-state index contributed by atoms with van der Waals surface area (Å²) in [6.45, 7) is -0.752. The Kier molecular flexibility index (Phi) is 7.88. The zero-order valence-corrected chi connectivity index (χ0v) is 23.6. The van der Waals surface area contributed by atoms with Gasteiger partial charge in [-0.05, 0) is 54.1 Å². The van der Waals surface area contributed by atoms with Gasteiger partial charge in [0.2, 0.25) is 5.91 Å². The number of fused-ring (bicyclic) bond motifs is 1. The monoisotopic (exact) mass is 618 g/mol. The second kappa shape index (κ2) is 11.4. The van der Waals surface area contributed by atoms with Crippen molar-refractivity contribution in [3.63, 3.8) is 0 Å². The highest BCUT2D eigenvalue weighted by Crippen LogP contribution is 2.41. The molecule has 0 bridgehead atoms. The topological polar surface area (TPSA) is 107 Å².